The van der Waals surface area contributed by atoms with Crippen molar-refractivity contribution in [3.63, 3.8) is 0 Å². The Morgan fingerprint density at radius 1 is 1.13 bits per heavy atom. The molecule has 2 fully saturated rings. The van der Waals surface area contributed by atoms with E-state index in [1.807, 2.05) is 12.1 Å². The zero-order chi connectivity index (χ0) is 20.9. The van der Waals surface area contributed by atoms with Crippen LogP contribution < -0.4 is 10.6 Å². The Bertz CT molecular complexity index is 1140. The summed E-state index contributed by atoms with van der Waals surface area (Å²) in [5.41, 5.74) is 2.51. The van der Waals surface area contributed by atoms with E-state index >= 15 is 0 Å². The summed E-state index contributed by atoms with van der Waals surface area (Å²) in [6.45, 7) is 0. The van der Waals surface area contributed by atoms with Crippen molar-refractivity contribution in [2.45, 2.75) is 37.6 Å². The van der Waals surface area contributed by atoms with E-state index in [0.717, 1.165) is 42.7 Å². The molecule has 2 aromatic heterocycles. The van der Waals surface area contributed by atoms with Gasteiger partial charge < -0.3 is 15.1 Å². The van der Waals surface area contributed by atoms with Crippen LogP contribution in [0, 0.1) is 5.41 Å². The SMILES string of the molecule is CNC(=O)c1cc(C(=O)NC2CC3(C2)CC(c2nc4cc(Cl)ccc4o2)C3)ccn1. The fraction of sp³-hybridized carbons (Fsp3) is 0.364. The third-order valence-electron chi connectivity index (χ3n) is 6.25. The third-order valence-corrected chi connectivity index (χ3v) is 6.49. The molecule has 0 aliphatic heterocycles. The number of carbonyl (C=O) groups excluding carboxylic acids is 2. The van der Waals surface area contributed by atoms with Crippen molar-refractivity contribution < 1.29 is 14.0 Å². The van der Waals surface area contributed by atoms with E-state index in [0.29, 0.717) is 16.5 Å². The molecule has 0 saturated heterocycles. The van der Waals surface area contributed by atoms with Gasteiger partial charge in [-0.3, -0.25) is 14.6 Å². The number of amides is 2. The van der Waals surface area contributed by atoms with Gasteiger partial charge in [-0.2, -0.15) is 0 Å². The highest BCUT2D eigenvalue weighted by molar-refractivity contribution is 6.31. The zero-order valence-electron chi connectivity index (χ0n) is 16.4. The number of nitrogens with zero attached hydrogens (tertiary/aromatic N) is 2. The van der Waals surface area contributed by atoms with Crippen LogP contribution in [-0.4, -0.2) is 34.9 Å². The molecule has 8 heteroatoms. The lowest BCUT2D eigenvalue weighted by Gasteiger charge is -2.57. The molecule has 2 N–H and O–H groups in total. The minimum absolute atomic E-state index is 0.150. The van der Waals surface area contributed by atoms with Crippen LogP contribution in [0.4, 0.5) is 0 Å². The lowest BCUT2D eigenvalue weighted by atomic mass is 9.50. The topological polar surface area (TPSA) is 97.1 Å². The molecule has 2 heterocycles. The second-order valence-corrected chi connectivity index (χ2v) is 8.79. The van der Waals surface area contributed by atoms with Crippen LogP contribution in [-0.2, 0) is 0 Å². The molecule has 0 bridgehead atoms. The standard InChI is InChI=1S/C22H21ClN4O3/c1-24-20(29)17-6-12(4-5-25-17)19(28)26-15-10-22(11-15)8-13(9-22)21-27-16-7-14(23)2-3-18(16)30-21/h2-7,13,15H,8-11H2,1H3,(H,24,29)(H,26,28). The van der Waals surface area contributed by atoms with Gasteiger partial charge in [0, 0.05) is 35.8 Å². The number of pyridine rings is 1. The summed E-state index contributed by atoms with van der Waals surface area (Å²) in [7, 11) is 1.53. The normalized spacial score (nSPS) is 24.9. The number of benzene rings is 1. The molecular weight excluding hydrogens is 404 g/mol. The van der Waals surface area contributed by atoms with Crippen molar-refractivity contribution in [3.05, 3.63) is 58.7 Å². The van der Waals surface area contributed by atoms with Crippen LogP contribution in [0.2, 0.25) is 5.02 Å². The highest BCUT2D eigenvalue weighted by Crippen LogP contribution is 2.61. The minimum atomic E-state index is -0.311. The fourth-order valence-corrected chi connectivity index (χ4v) is 4.93. The van der Waals surface area contributed by atoms with Gasteiger partial charge in [0.2, 0.25) is 0 Å². The van der Waals surface area contributed by atoms with Crippen LogP contribution in [0.25, 0.3) is 11.1 Å². The second kappa shape index (κ2) is 7.09. The van der Waals surface area contributed by atoms with Crippen molar-refractivity contribution in [1.82, 2.24) is 20.6 Å². The molecule has 7 nitrogen and oxygen atoms in total. The van der Waals surface area contributed by atoms with Crippen LogP contribution in [0.15, 0.2) is 40.9 Å². The number of oxazole rings is 1. The lowest BCUT2D eigenvalue weighted by molar-refractivity contribution is -0.0253. The molecule has 5 rings (SSSR count). The molecule has 154 valence electrons. The number of fused-ring (bicyclic) bond motifs is 1. The lowest BCUT2D eigenvalue weighted by Crippen LogP contribution is -2.55. The maximum Gasteiger partial charge on any atom is 0.269 e. The molecule has 30 heavy (non-hydrogen) atoms. The molecule has 2 amide bonds. The van der Waals surface area contributed by atoms with Crippen molar-refractivity contribution in [2.24, 2.45) is 5.41 Å². The van der Waals surface area contributed by atoms with E-state index in [4.69, 9.17) is 16.0 Å². The first-order valence-electron chi connectivity index (χ1n) is 10.00. The number of aromatic nitrogens is 2. The van der Waals surface area contributed by atoms with Crippen molar-refractivity contribution in [3.8, 4) is 0 Å². The summed E-state index contributed by atoms with van der Waals surface area (Å²) >= 11 is 6.03. The average molecular weight is 425 g/mol. The van der Waals surface area contributed by atoms with Crippen LogP contribution >= 0.6 is 11.6 Å². The molecule has 0 radical (unpaired) electrons. The summed E-state index contributed by atoms with van der Waals surface area (Å²) in [6.07, 6.45) is 5.43. The molecular formula is C22H21ClN4O3. The Morgan fingerprint density at radius 3 is 2.70 bits per heavy atom. The van der Waals surface area contributed by atoms with Crippen LogP contribution in [0.5, 0.6) is 0 Å². The van der Waals surface area contributed by atoms with Gasteiger partial charge >= 0.3 is 0 Å². The van der Waals surface area contributed by atoms with E-state index in [9.17, 15) is 9.59 Å². The first-order valence-corrected chi connectivity index (χ1v) is 10.4. The van der Waals surface area contributed by atoms with E-state index < -0.39 is 0 Å². The van der Waals surface area contributed by atoms with Gasteiger partial charge in [0.05, 0.1) is 0 Å². The number of hydrogen-bond acceptors (Lipinski definition) is 5. The summed E-state index contributed by atoms with van der Waals surface area (Å²) in [5, 5.41) is 6.24. The maximum absolute atomic E-state index is 12.5. The monoisotopic (exact) mass is 424 g/mol. The predicted molar refractivity (Wildman–Crippen MR) is 112 cm³/mol. The number of rotatable bonds is 4. The molecule has 2 saturated carbocycles. The van der Waals surface area contributed by atoms with Crippen molar-refractivity contribution in [1.29, 1.82) is 0 Å². The van der Waals surface area contributed by atoms with Crippen LogP contribution in [0.1, 0.15) is 58.3 Å². The van der Waals surface area contributed by atoms with Gasteiger partial charge in [-0.15, -0.1) is 0 Å². The first-order chi connectivity index (χ1) is 14.4. The van der Waals surface area contributed by atoms with Gasteiger partial charge in [0.15, 0.2) is 11.5 Å². The summed E-state index contributed by atoms with van der Waals surface area (Å²) in [5.74, 6) is 0.621. The predicted octanol–water partition coefficient (Wildman–Crippen LogP) is 3.69. The average Bonchev–Trinajstić information content (AvgIpc) is 3.10. The Morgan fingerprint density at radius 2 is 1.93 bits per heavy atom. The molecule has 2 aliphatic carbocycles. The zero-order valence-corrected chi connectivity index (χ0v) is 17.2. The molecule has 2 aliphatic rings. The minimum Gasteiger partial charge on any atom is -0.440 e. The first kappa shape index (κ1) is 19.1. The van der Waals surface area contributed by atoms with E-state index in [-0.39, 0.29) is 29.0 Å². The molecule has 1 aromatic carbocycles. The molecule has 0 atom stereocenters. The summed E-state index contributed by atoms with van der Waals surface area (Å²) in [6, 6.07) is 8.77. The van der Waals surface area contributed by atoms with E-state index in [1.54, 1.807) is 12.1 Å². The van der Waals surface area contributed by atoms with Gasteiger partial charge in [0.1, 0.15) is 11.2 Å². The highest BCUT2D eigenvalue weighted by Gasteiger charge is 2.54. The van der Waals surface area contributed by atoms with E-state index in [1.165, 1.54) is 19.3 Å². The maximum atomic E-state index is 12.5. The Hall–Kier alpha value is -2.93. The van der Waals surface area contributed by atoms with E-state index in [2.05, 4.69) is 20.6 Å². The number of nitrogens with one attached hydrogen (secondary N) is 2. The summed E-state index contributed by atoms with van der Waals surface area (Å²) in [4.78, 5) is 32.8. The van der Waals surface area contributed by atoms with Crippen molar-refractivity contribution >= 4 is 34.5 Å². The van der Waals surface area contributed by atoms with Gasteiger partial charge in [-0.05, 0) is 61.4 Å². The Kier molecular flexibility index (Phi) is 4.50. The molecule has 1 spiro atoms. The molecule has 3 aromatic rings. The van der Waals surface area contributed by atoms with Gasteiger partial charge in [-0.1, -0.05) is 11.6 Å². The van der Waals surface area contributed by atoms with Crippen LogP contribution in [0.3, 0.4) is 0 Å². The number of halogens is 1. The fourth-order valence-electron chi connectivity index (χ4n) is 4.77. The smallest absolute Gasteiger partial charge is 0.269 e. The largest absolute Gasteiger partial charge is 0.440 e. The highest BCUT2D eigenvalue weighted by atomic mass is 35.5. The quantitative estimate of drug-likeness (QED) is 0.665. The third kappa shape index (κ3) is 3.33. The molecule has 0 unspecified atom stereocenters. The Labute approximate surface area is 178 Å². The number of carbonyl (C=O) groups is 2. The van der Waals surface area contributed by atoms with Gasteiger partial charge in [0.25, 0.3) is 11.8 Å². The van der Waals surface area contributed by atoms with Crippen molar-refractivity contribution in [2.75, 3.05) is 7.05 Å². The number of hydrogen-bond donors (Lipinski definition) is 2. The van der Waals surface area contributed by atoms with Gasteiger partial charge in [-0.25, -0.2) is 4.98 Å². The Balaban J connectivity index is 1.16. The second-order valence-electron chi connectivity index (χ2n) is 8.36. The summed E-state index contributed by atoms with van der Waals surface area (Å²) < 4.78 is 5.90.